The highest BCUT2D eigenvalue weighted by Crippen LogP contribution is 2.66. The second-order valence-electron chi connectivity index (χ2n) is 9.38. The van der Waals surface area contributed by atoms with Gasteiger partial charge in [-0.2, -0.15) is 0 Å². The highest BCUT2D eigenvalue weighted by molar-refractivity contribution is 5.94. The van der Waals surface area contributed by atoms with Gasteiger partial charge in [0.05, 0.1) is 0 Å². The van der Waals surface area contributed by atoms with E-state index in [0.717, 1.165) is 18.4 Å². The maximum absolute atomic E-state index is 13.3. The normalized spacial score (nSPS) is 47.7. The van der Waals surface area contributed by atoms with Crippen molar-refractivity contribution in [2.24, 2.45) is 28.6 Å². The molecule has 0 aliphatic heterocycles. The Kier molecular flexibility index (Phi) is 3.88. The Balaban J connectivity index is 1.75. The largest absolute Gasteiger partial charge is 0.388 e. The van der Waals surface area contributed by atoms with Crippen LogP contribution in [0.25, 0.3) is 0 Å². The van der Waals surface area contributed by atoms with Gasteiger partial charge in [0.1, 0.15) is 18.0 Å². The van der Waals surface area contributed by atoms with Gasteiger partial charge in [0.15, 0.2) is 11.6 Å². The molecule has 3 fully saturated rings. The second-order valence-corrected chi connectivity index (χ2v) is 9.38. The van der Waals surface area contributed by atoms with E-state index in [4.69, 9.17) is 0 Å². The minimum Gasteiger partial charge on any atom is -0.388 e. The third-order valence-corrected chi connectivity index (χ3v) is 8.41. The molecule has 0 aromatic rings. The molecule has 0 spiro atoms. The van der Waals surface area contributed by atoms with Gasteiger partial charge in [-0.05, 0) is 55.4 Å². The Morgan fingerprint density at radius 1 is 1.19 bits per heavy atom. The van der Waals surface area contributed by atoms with Gasteiger partial charge in [-0.15, -0.1) is 0 Å². The minimum absolute atomic E-state index is 0.0988. The molecule has 0 bridgehead atoms. The lowest BCUT2D eigenvalue weighted by atomic mass is 9.46. The standard InChI is InChI=1S/C21H28O5/c1-19-7-5-13(23)9-12(19)3-4-14-15-6-8-21(26,17(25)11-22)20(15,2)10-16(24)18(14)19/h9,14-15,18,22,26H,3-8,10-11H2,1-2H3/t14-,15+,18+,19+,20+,21+/m1/s1. The number of Topliss-reactive ketones (excluding diaryl/α,β-unsaturated/α-hetero) is 2. The topological polar surface area (TPSA) is 91.7 Å². The predicted octanol–water partition coefficient (Wildman–Crippen LogP) is 1.99. The lowest BCUT2D eigenvalue weighted by Gasteiger charge is -2.57. The van der Waals surface area contributed by atoms with E-state index in [9.17, 15) is 24.6 Å². The molecule has 4 rings (SSSR count). The number of carbonyl (C=O) groups excluding carboxylic acids is 3. The number of aliphatic hydroxyl groups is 2. The Morgan fingerprint density at radius 3 is 2.62 bits per heavy atom. The van der Waals surface area contributed by atoms with Crippen molar-refractivity contribution in [2.45, 2.75) is 64.4 Å². The molecule has 4 aliphatic rings. The van der Waals surface area contributed by atoms with Gasteiger partial charge >= 0.3 is 0 Å². The van der Waals surface area contributed by atoms with Crippen LogP contribution in [0.1, 0.15) is 58.8 Å². The van der Waals surface area contributed by atoms with E-state index in [1.165, 1.54) is 0 Å². The zero-order chi connectivity index (χ0) is 18.9. The van der Waals surface area contributed by atoms with Crippen LogP contribution in [0.4, 0.5) is 0 Å². The van der Waals surface area contributed by atoms with E-state index < -0.39 is 23.4 Å². The summed E-state index contributed by atoms with van der Waals surface area (Å²) in [6, 6.07) is 0. The summed E-state index contributed by atoms with van der Waals surface area (Å²) in [4.78, 5) is 37.5. The van der Waals surface area contributed by atoms with Gasteiger partial charge in [-0.3, -0.25) is 14.4 Å². The Hall–Kier alpha value is -1.33. The summed E-state index contributed by atoms with van der Waals surface area (Å²) >= 11 is 0. The summed E-state index contributed by atoms with van der Waals surface area (Å²) in [6.07, 6.45) is 5.83. The highest BCUT2D eigenvalue weighted by Gasteiger charge is 2.68. The third-order valence-electron chi connectivity index (χ3n) is 8.41. The molecule has 26 heavy (non-hydrogen) atoms. The number of hydrogen-bond acceptors (Lipinski definition) is 5. The van der Waals surface area contributed by atoms with Crippen molar-refractivity contribution >= 4 is 17.3 Å². The molecule has 0 heterocycles. The SMILES string of the molecule is C[C@]12CCC(=O)C=C1CC[C@H]1[C@H]2C(=O)C[C@@]2(C)[C@H]1CC[C@]2(O)C(=O)CO. The molecule has 2 N–H and O–H groups in total. The molecular formula is C21H28O5. The lowest BCUT2D eigenvalue weighted by Crippen LogP contribution is -2.60. The average molecular weight is 360 g/mol. The summed E-state index contributed by atoms with van der Waals surface area (Å²) in [5.74, 6) is -0.172. The van der Waals surface area contributed by atoms with Crippen molar-refractivity contribution < 1.29 is 24.6 Å². The fourth-order valence-electron chi connectivity index (χ4n) is 6.98. The van der Waals surface area contributed by atoms with Crippen LogP contribution in [0.3, 0.4) is 0 Å². The van der Waals surface area contributed by atoms with Gasteiger partial charge in [0, 0.05) is 24.2 Å². The van der Waals surface area contributed by atoms with Gasteiger partial charge in [0.25, 0.3) is 0 Å². The van der Waals surface area contributed by atoms with Crippen LogP contribution in [-0.4, -0.2) is 39.8 Å². The monoisotopic (exact) mass is 360 g/mol. The summed E-state index contributed by atoms with van der Waals surface area (Å²) in [5.41, 5.74) is -1.55. The molecule has 0 amide bonds. The number of aliphatic hydroxyl groups excluding tert-OH is 1. The first-order chi connectivity index (χ1) is 12.2. The Labute approximate surface area is 153 Å². The smallest absolute Gasteiger partial charge is 0.190 e. The number of rotatable bonds is 2. The van der Waals surface area contributed by atoms with Gasteiger partial charge < -0.3 is 10.2 Å². The van der Waals surface area contributed by atoms with E-state index in [2.05, 4.69) is 6.92 Å². The van der Waals surface area contributed by atoms with Crippen LogP contribution in [-0.2, 0) is 14.4 Å². The summed E-state index contributed by atoms with van der Waals surface area (Å²) < 4.78 is 0. The molecule has 5 nitrogen and oxygen atoms in total. The van der Waals surface area contributed by atoms with E-state index in [1.54, 1.807) is 6.08 Å². The molecule has 0 aromatic heterocycles. The average Bonchev–Trinajstić information content (AvgIpc) is 2.86. The Bertz CT molecular complexity index is 724. The lowest BCUT2D eigenvalue weighted by molar-refractivity contribution is -0.170. The van der Waals surface area contributed by atoms with Crippen LogP contribution >= 0.6 is 0 Å². The van der Waals surface area contributed by atoms with Gasteiger partial charge in [-0.25, -0.2) is 0 Å². The molecule has 4 aliphatic carbocycles. The van der Waals surface area contributed by atoms with Crippen molar-refractivity contribution in [2.75, 3.05) is 6.61 Å². The molecule has 0 radical (unpaired) electrons. The highest BCUT2D eigenvalue weighted by atomic mass is 16.3. The maximum Gasteiger partial charge on any atom is 0.190 e. The molecule has 0 saturated heterocycles. The summed E-state index contributed by atoms with van der Waals surface area (Å²) in [6.45, 7) is 3.31. The summed E-state index contributed by atoms with van der Waals surface area (Å²) in [7, 11) is 0. The summed E-state index contributed by atoms with van der Waals surface area (Å²) in [5, 5.41) is 20.5. The van der Waals surface area contributed by atoms with Crippen LogP contribution in [0.2, 0.25) is 0 Å². The van der Waals surface area contributed by atoms with Crippen molar-refractivity contribution in [1.29, 1.82) is 0 Å². The minimum atomic E-state index is -1.60. The third kappa shape index (κ3) is 2.07. The fourth-order valence-corrected chi connectivity index (χ4v) is 6.98. The zero-order valence-corrected chi connectivity index (χ0v) is 15.6. The second kappa shape index (κ2) is 5.59. The zero-order valence-electron chi connectivity index (χ0n) is 15.6. The molecule has 142 valence electrons. The molecule has 0 unspecified atom stereocenters. The van der Waals surface area contributed by atoms with Crippen molar-refractivity contribution in [3.8, 4) is 0 Å². The first-order valence-corrected chi connectivity index (χ1v) is 9.80. The number of allylic oxidation sites excluding steroid dienone is 1. The van der Waals surface area contributed by atoms with E-state index in [0.29, 0.717) is 25.7 Å². The van der Waals surface area contributed by atoms with E-state index in [1.807, 2.05) is 6.92 Å². The maximum atomic E-state index is 13.3. The quantitative estimate of drug-likeness (QED) is 0.786. The number of carbonyl (C=O) groups is 3. The molecular weight excluding hydrogens is 332 g/mol. The van der Waals surface area contributed by atoms with Gasteiger partial charge in [0.2, 0.25) is 0 Å². The van der Waals surface area contributed by atoms with Crippen LogP contribution < -0.4 is 0 Å². The molecule has 5 heteroatoms. The van der Waals surface area contributed by atoms with Gasteiger partial charge in [-0.1, -0.05) is 19.4 Å². The molecule has 6 atom stereocenters. The van der Waals surface area contributed by atoms with E-state index in [-0.39, 0.29) is 41.2 Å². The molecule has 0 aromatic carbocycles. The molecule has 3 saturated carbocycles. The van der Waals surface area contributed by atoms with Crippen LogP contribution in [0.15, 0.2) is 11.6 Å². The number of hydrogen-bond donors (Lipinski definition) is 2. The predicted molar refractivity (Wildman–Crippen MR) is 94.1 cm³/mol. The number of ketones is 3. The first kappa shape index (κ1) is 18.1. The Morgan fingerprint density at radius 2 is 1.92 bits per heavy atom. The van der Waals surface area contributed by atoms with Crippen molar-refractivity contribution in [3.63, 3.8) is 0 Å². The van der Waals surface area contributed by atoms with Crippen LogP contribution in [0, 0.1) is 28.6 Å². The van der Waals surface area contributed by atoms with Crippen LogP contribution in [0.5, 0.6) is 0 Å². The van der Waals surface area contributed by atoms with E-state index >= 15 is 0 Å². The number of fused-ring (bicyclic) bond motifs is 5. The first-order valence-electron chi connectivity index (χ1n) is 9.80. The fraction of sp³-hybridized carbons (Fsp3) is 0.762. The van der Waals surface area contributed by atoms with Crippen molar-refractivity contribution in [1.82, 2.24) is 0 Å². The van der Waals surface area contributed by atoms with Crippen molar-refractivity contribution in [3.05, 3.63) is 11.6 Å².